The molecule has 180 valence electrons. The molecule has 10 rings (SSSR count). The van der Waals surface area contributed by atoms with Crippen LogP contribution in [0.3, 0.4) is 0 Å². The maximum Gasteiger partial charge on any atom is 0.0485 e. The Morgan fingerprint density at radius 3 is 0.744 bits per heavy atom. The molecule has 0 bridgehead atoms. The minimum absolute atomic E-state index is 0.783. The van der Waals surface area contributed by atoms with E-state index in [0.717, 1.165) is 31.2 Å². The largest absolute Gasteiger partial charge is 0.0837 e. The van der Waals surface area contributed by atoms with E-state index in [2.05, 4.69) is 72.8 Å². The highest BCUT2D eigenvalue weighted by Gasteiger charge is 2.27. The highest BCUT2D eigenvalue weighted by atomic mass is 35.5. The molecule has 10 aromatic carbocycles. The molecule has 0 aromatic heterocycles. The van der Waals surface area contributed by atoms with E-state index in [1.807, 2.05) is 18.2 Å². The van der Waals surface area contributed by atoms with Crippen molar-refractivity contribution < 1.29 is 0 Å². The second-order valence-electron chi connectivity index (χ2n) is 10.7. The van der Waals surface area contributed by atoms with Crippen molar-refractivity contribution in [1.82, 2.24) is 0 Å². The van der Waals surface area contributed by atoms with Crippen molar-refractivity contribution in [3.63, 3.8) is 0 Å². The van der Waals surface area contributed by atoms with Crippen molar-refractivity contribution in [1.29, 1.82) is 0 Å². The van der Waals surface area contributed by atoms with Gasteiger partial charge < -0.3 is 0 Å². The zero-order valence-electron chi connectivity index (χ0n) is 20.3. The van der Waals surface area contributed by atoms with Crippen LogP contribution in [0, 0.1) is 0 Å². The van der Waals surface area contributed by atoms with Gasteiger partial charge in [-0.2, -0.15) is 0 Å². The van der Waals surface area contributed by atoms with Gasteiger partial charge in [0.25, 0.3) is 0 Å². The highest BCUT2D eigenvalue weighted by Crippen LogP contribution is 2.56. The zero-order chi connectivity index (χ0) is 25.7. The Labute approximate surface area is 236 Å². The van der Waals surface area contributed by atoms with Crippen LogP contribution in [0.25, 0.3) is 97.0 Å². The van der Waals surface area contributed by atoms with Crippen molar-refractivity contribution in [2.24, 2.45) is 0 Å². The van der Waals surface area contributed by atoms with Gasteiger partial charge in [0, 0.05) is 31.2 Å². The number of hydrogen-bond donors (Lipinski definition) is 0. The molecule has 0 nitrogen and oxygen atoms in total. The molecule has 0 saturated heterocycles. The summed E-state index contributed by atoms with van der Waals surface area (Å²) in [7, 11) is 0. The quantitative estimate of drug-likeness (QED) is 0.175. The van der Waals surface area contributed by atoms with E-state index in [1.165, 1.54) is 80.8 Å². The van der Waals surface area contributed by atoms with E-state index in [1.54, 1.807) is 0 Å². The third kappa shape index (κ3) is 2.26. The topological polar surface area (TPSA) is 0 Å². The monoisotopic (exact) mass is 552 g/mol. The molecule has 0 heterocycles. The lowest BCUT2D eigenvalue weighted by molar-refractivity contribution is 1.84. The summed E-state index contributed by atoms with van der Waals surface area (Å²) in [6.45, 7) is 0. The fraction of sp³-hybridized carbons (Fsp3) is 0. The van der Waals surface area contributed by atoms with Gasteiger partial charge in [-0.25, -0.2) is 0 Å². The number of benzene rings is 7. The van der Waals surface area contributed by atoms with E-state index in [9.17, 15) is 0 Å². The molecular formula is C36H15Cl3. The molecule has 39 heavy (non-hydrogen) atoms. The average molecular weight is 554 g/mol. The van der Waals surface area contributed by atoms with E-state index >= 15 is 0 Å². The summed E-state index contributed by atoms with van der Waals surface area (Å²) in [5.74, 6) is 0. The average Bonchev–Trinajstić information content (AvgIpc) is 3.58. The number of halogens is 3. The molecule has 0 saturated carbocycles. The fourth-order valence-electron chi connectivity index (χ4n) is 7.73. The number of fused-ring (bicyclic) bond motifs is 12. The number of hydrogen-bond acceptors (Lipinski definition) is 0. The van der Waals surface area contributed by atoms with Gasteiger partial charge in [0.05, 0.1) is 0 Å². The second kappa shape index (κ2) is 6.84. The van der Waals surface area contributed by atoms with Crippen LogP contribution >= 0.6 is 34.8 Å². The summed E-state index contributed by atoms with van der Waals surface area (Å²) in [5.41, 5.74) is 0. The molecule has 0 aliphatic carbocycles. The normalized spacial score (nSPS) is 13.0. The molecule has 0 atom stereocenters. The Balaban J connectivity index is 1.72. The first-order chi connectivity index (χ1) is 19.1. The van der Waals surface area contributed by atoms with Gasteiger partial charge in [0.2, 0.25) is 0 Å². The lowest BCUT2D eigenvalue weighted by atomic mass is 9.97. The first kappa shape index (κ1) is 21.1. The van der Waals surface area contributed by atoms with E-state index in [0.29, 0.717) is 0 Å². The predicted octanol–water partition coefficient (Wildman–Crippen LogP) is 12.3. The van der Waals surface area contributed by atoms with Crippen molar-refractivity contribution in [2.75, 3.05) is 0 Å². The van der Waals surface area contributed by atoms with E-state index < -0.39 is 0 Å². The molecule has 3 heteroatoms. The van der Waals surface area contributed by atoms with Crippen molar-refractivity contribution in [3.05, 3.63) is 106 Å². The van der Waals surface area contributed by atoms with Gasteiger partial charge in [-0.15, -0.1) is 0 Å². The minimum atomic E-state index is 0.783. The summed E-state index contributed by atoms with van der Waals surface area (Å²) in [6, 6.07) is 32.4. The summed E-state index contributed by atoms with van der Waals surface area (Å²) in [6.07, 6.45) is 0. The molecule has 0 amide bonds. The second-order valence-corrected chi connectivity index (χ2v) is 11.9. The molecule has 0 aliphatic rings. The Kier molecular flexibility index (Phi) is 3.70. The standard InChI is InChI=1S/C36H15Cl3/c37-25-13-10-22-28-16(25)4-1-7-19(28)31-34(22)32-21-9-3-6-18-27(39)15-12-24(30(18)21)36(32)33-20-8-2-5-17-26(38)14-11-23(29(17)20)35(31)33/h1-15H. The maximum absolute atomic E-state index is 6.79. The van der Waals surface area contributed by atoms with Crippen molar-refractivity contribution in [3.8, 4) is 0 Å². The molecule has 0 radical (unpaired) electrons. The van der Waals surface area contributed by atoms with Crippen LogP contribution in [-0.4, -0.2) is 0 Å². The SMILES string of the molecule is Clc1ccc2c3c1cccc3c1c2c2c3cccc4c(Cl)ccc(c43)c2c2c3cccc4c(Cl)ccc(c43)c12. The van der Waals surface area contributed by atoms with Gasteiger partial charge in [-0.3, -0.25) is 0 Å². The summed E-state index contributed by atoms with van der Waals surface area (Å²) < 4.78 is 0. The first-order valence-corrected chi connectivity index (χ1v) is 14.2. The lowest BCUT2D eigenvalue weighted by Gasteiger charge is -2.05. The first-order valence-electron chi connectivity index (χ1n) is 13.0. The van der Waals surface area contributed by atoms with Crippen LogP contribution in [0.15, 0.2) is 91.0 Å². The van der Waals surface area contributed by atoms with Gasteiger partial charge in [-0.1, -0.05) is 108 Å². The van der Waals surface area contributed by atoms with Gasteiger partial charge in [0.1, 0.15) is 0 Å². The maximum atomic E-state index is 6.79. The summed E-state index contributed by atoms with van der Waals surface area (Å²) >= 11 is 20.4. The Morgan fingerprint density at radius 2 is 0.462 bits per heavy atom. The Bertz CT molecular complexity index is 2280. The third-order valence-electron chi connectivity index (χ3n) is 9.08. The van der Waals surface area contributed by atoms with Crippen LogP contribution in [0.5, 0.6) is 0 Å². The Hall–Kier alpha value is -3.81. The Morgan fingerprint density at radius 1 is 0.231 bits per heavy atom. The lowest BCUT2D eigenvalue weighted by Crippen LogP contribution is -1.75. The molecule has 0 unspecified atom stereocenters. The fourth-order valence-corrected chi connectivity index (χ4v) is 8.39. The van der Waals surface area contributed by atoms with E-state index in [4.69, 9.17) is 34.8 Å². The number of rotatable bonds is 0. The highest BCUT2D eigenvalue weighted by molar-refractivity contribution is 6.57. The molecule has 0 fully saturated rings. The molecule has 0 N–H and O–H groups in total. The van der Waals surface area contributed by atoms with Crippen molar-refractivity contribution in [2.45, 2.75) is 0 Å². The van der Waals surface area contributed by atoms with Crippen molar-refractivity contribution >= 4 is 132 Å². The van der Waals surface area contributed by atoms with Crippen LogP contribution in [-0.2, 0) is 0 Å². The predicted molar refractivity (Wildman–Crippen MR) is 173 cm³/mol. The molecular weight excluding hydrogens is 539 g/mol. The van der Waals surface area contributed by atoms with E-state index in [-0.39, 0.29) is 0 Å². The van der Waals surface area contributed by atoms with Gasteiger partial charge >= 0.3 is 0 Å². The zero-order valence-corrected chi connectivity index (χ0v) is 22.6. The minimum Gasteiger partial charge on any atom is -0.0837 e. The van der Waals surface area contributed by atoms with Crippen LogP contribution in [0.1, 0.15) is 0 Å². The van der Waals surface area contributed by atoms with Crippen LogP contribution in [0.4, 0.5) is 0 Å². The summed E-state index contributed by atoms with van der Waals surface area (Å²) in [4.78, 5) is 0. The summed E-state index contributed by atoms with van der Waals surface area (Å²) in [5, 5.41) is 24.6. The van der Waals surface area contributed by atoms with Gasteiger partial charge in [0.15, 0.2) is 0 Å². The molecule has 0 spiro atoms. The molecule has 10 aromatic rings. The third-order valence-corrected chi connectivity index (χ3v) is 10.1. The smallest absolute Gasteiger partial charge is 0.0485 e. The van der Waals surface area contributed by atoms with Gasteiger partial charge in [-0.05, 0) is 99.0 Å². The van der Waals surface area contributed by atoms with Crippen LogP contribution in [0.2, 0.25) is 15.1 Å². The van der Waals surface area contributed by atoms with Crippen LogP contribution < -0.4 is 0 Å². The molecule has 0 aliphatic heterocycles.